The average Bonchev–Trinajstić information content (AvgIpc) is 2.73. The number of carbonyl (C=O) groups excluding carboxylic acids is 1. The molecule has 0 unspecified atom stereocenters. The van der Waals surface area contributed by atoms with Crippen molar-refractivity contribution in [1.82, 2.24) is 0 Å². The molecule has 3 nitrogen and oxygen atoms in total. The van der Waals surface area contributed by atoms with Crippen molar-refractivity contribution < 1.29 is 14.3 Å². The van der Waals surface area contributed by atoms with Gasteiger partial charge in [0.15, 0.2) is 0 Å². The molecule has 1 rings (SSSR count). The third-order valence-corrected chi connectivity index (χ3v) is 5.13. The minimum atomic E-state index is -0.313. The van der Waals surface area contributed by atoms with Gasteiger partial charge in [-0.25, -0.2) is 4.79 Å². The Morgan fingerprint density at radius 3 is 1.71 bits per heavy atom. The number of esters is 1. The van der Waals surface area contributed by atoms with Gasteiger partial charge in [-0.1, -0.05) is 40.5 Å². The number of hydrogen-bond acceptors (Lipinski definition) is 3. The molecule has 31 heavy (non-hydrogen) atoms. The molecule has 0 aliphatic heterocycles. The fourth-order valence-electron chi connectivity index (χ4n) is 3.06. The molecule has 3 heteroatoms. The normalized spacial score (nSPS) is 12.5. The standard InChI is InChI=1S/C28H40O3/c1-22(2)10-7-11-23(3)12-8-13-24(4)14-9-15-25(5)20-21-31-28(29)26-16-18-27(30-6)19-17-26/h10,12,14,16-20H,7-9,11,13,15,21H2,1-6H3. The maximum Gasteiger partial charge on any atom is 0.338 e. The summed E-state index contributed by atoms with van der Waals surface area (Å²) in [6.07, 6.45) is 15.5. The van der Waals surface area contributed by atoms with Gasteiger partial charge >= 0.3 is 5.97 Å². The monoisotopic (exact) mass is 424 g/mol. The van der Waals surface area contributed by atoms with Crippen molar-refractivity contribution in [3.8, 4) is 5.75 Å². The Labute approximate surface area is 189 Å². The molecule has 0 bridgehead atoms. The molecule has 0 saturated carbocycles. The summed E-state index contributed by atoms with van der Waals surface area (Å²) in [6.45, 7) is 11.1. The topological polar surface area (TPSA) is 35.5 Å². The van der Waals surface area contributed by atoms with Crippen molar-refractivity contribution >= 4 is 5.97 Å². The van der Waals surface area contributed by atoms with E-state index < -0.39 is 0 Å². The van der Waals surface area contributed by atoms with Gasteiger partial charge in [-0.05, 0) is 103 Å². The van der Waals surface area contributed by atoms with Crippen LogP contribution in [-0.2, 0) is 4.74 Å². The van der Waals surface area contributed by atoms with Crippen molar-refractivity contribution in [2.75, 3.05) is 13.7 Å². The van der Waals surface area contributed by atoms with Crippen LogP contribution in [0.25, 0.3) is 0 Å². The highest BCUT2D eigenvalue weighted by atomic mass is 16.5. The third kappa shape index (κ3) is 12.7. The highest BCUT2D eigenvalue weighted by Crippen LogP contribution is 2.14. The maximum absolute atomic E-state index is 12.1. The smallest absolute Gasteiger partial charge is 0.338 e. The van der Waals surface area contributed by atoms with Crippen LogP contribution in [0, 0.1) is 0 Å². The first-order chi connectivity index (χ1) is 14.8. The summed E-state index contributed by atoms with van der Waals surface area (Å²) in [5.74, 6) is 0.410. The second-order valence-electron chi connectivity index (χ2n) is 8.38. The van der Waals surface area contributed by atoms with E-state index in [1.807, 2.05) is 6.08 Å². The SMILES string of the molecule is COc1ccc(C(=O)OCC=C(C)CCC=C(C)CCC=C(C)CCC=C(C)C)cc1. The van der Waals surface area contributed by atoms with E-state index in [2.05, 4.69) is 52.8 Å². The van der Waals surface area contributed by atoms with Gasteiger partial charge in [-0.2, -0.15) is 0 Å². The lowest BCUT2D eigenvalue weighted by atomic mass is 10.0. The van der Waals surface area contributed by atoms with Gasteiger partial charge in [-0.3, -0.25) is 0 Å². The van der Waals surface area contributed by atoms with Gasteiger partial charge in [0.25, 0.3) is 0 Å². The van der Waals surface area contributed by atoms with Crippen LogP contribution in [0.4, 0.5) is 0 Å². The van der Waals surface area contributed by atoms with E-state index >= 15 is 0 Å². The Morgan fingerprint density at radius 1 is 0.742 bits per heavy atom. The number of benzene rings is 1. The molecular weight excluding hydrogens is 384 g/mol. The zero-order valence-electron chi connectivity index (χ0n) is 20.3. The summed E-state index contributed by atoms with van der Waals surface area (Å²) in [5, 5.41) is 0. The maximum atomic E-state index is 12.1. The molecule has 0 spiro atoms. The van der Waals surface area contributed by atoms with Crippen LogP contribution in [-0.4, -0.2) is 19.7 Å². The van der Waals surface area contributed by atoms with Crippen LogP contribution in [0.2, 0.25) is 0 Å². The summed E-state index contributed by atoms with van der Waals surface area (Å²) in [5.41, 5.74) is 6.08. The molecular formula is C28H40O3. The Morgan fingerprint density at radius 2 is 1.23 bits per heavy atom. The Kier molecular flexibility index (Phi) is 13.1. The van der Waals surface area contributed by atoms with E-state index in [0.29, 0.717) is 12.2 Å². The van der Waals surface area contributed by atoms with Crippen molar-refractivity contribution in [1.29, 1.82) is 0 Å². The molecule has 1 aromatic carbocycles. The van der Waals surface area contributed by atoms with Crippen molar-refractivity contribution in [2.45, 2.75) is 73.1 Å². The molecule has 0 heterocycles. The molecule has 0 fully saturated rings. The van der Waals surface area contributed by atoms with Crippen molar-refractivity contribution in [2.24, 2.45) is 0 Å². The zero-order valence-corrected chi connectivity index (χ0v) is 20.3. The first kappa shape index (κ1) is 26.5. The number of ether oxygens (including phenoxy) is 2. The number of allylic oxidation sites excluding steroid dienone is 7. The van der Waals surface area contributed by atoms with Crippen LogP contribution in [0.1, 0.15) is 83.5 Å². The first-order valence-corrected chi connectivity index (χ1v) is 11.2. The van der Waals surface area contributed by atoms with Gasteiger partial charge in [0.2, 0.25) is 0 Å². The van der Waals surface area contributed by atoms with E-state index in [0.717, 1.165) is 44.3 Å². The summed E-state index contributed by atoms with van der Waals surface area (Å²) in [6, 6.07) is 6.94. The molecule has 0 saturated heterocycles. The van der Waals surface area contributed by atoms with E-state index in [-0.39, 0.29) is 5.97 Å². The third-order valence-electron chi connectivity index (χ3n) is 5.13. The fourth-order valence-corrected chi connectivity index (χ4v) is 3.06. The Bertz CT molecular complexity index is 788. The van der Waals surface area contributed by atoms with Crippen LogP contribution < -0.4 is 4.74 Å². The highest BCUT2D eigenvalue weighted by molar-refractivity contribution is 5.89. The summed E-state index contributed by atoms with van der Waals surface area (Å²) in [4.78, 5) is 12.1. The minimum absolute atomic E-state index is 0.302. The number of rotatable bonds is 13. The Hall–Kier alpha value is -2.55. The van der Waals surface area contributed by atoms with Gasteiger partial charge < -0.3 is 9.47 Å². The second kappa shape index (κ2) is 15.3. The first-order valence-electron chi connectivity index (χ1n) is 11.2. The van der Waals surface area contributed by atoms with E-state index in [9.17, 15) is 4.79 Å². The number of methoxy groups -OCH3 is 1. The minimum Gasteiger partial charge on any atom is -0.497 e. The summed E-state index contributed by atoms with van der Waals surface area (Å²) >= 11 is 0. The average molecular weight is 425 g/mol. The van der Waals surface area contributed by atoms with Crippen LogP contribution >= 0.6 is 0 Å². The van der Waals surface area contributed by atoms with Gasteiger partial charge in [-0.15, -0.1) is 0 Å². The van der Waals surface area contributed by atoms with E-state index in [1.165, 1.54) is 22.3 Å². The quantitative estimate of drug-likeness (QED) is 0.238. The zero-order chi connectivity index (χ0) is 23.1. The molecule has 0 N–H and O–H groups in total. The van der Waals surface area contributed by atoms with Crippen molar-refractivity contribution in [3.05, 3.63) is 76.4 Å². The molecule has 0 radical (unpaired) electrons. The highest BCUT2D eigenvalue weighted by Gasteiger charge is 2.06. The lowest BCUT2D eigenvalue weighted by molar-refractivity contribution is 0.0549. The van der Waals surface area contributed by atoms with E-state index in [4.69, 9.17) is 9.47 Å². The molecule has 0 amide bonds. The number of carbonyl (C=O) groups is 1. The largest absolute Gasteiger partial charge is 0.497 e. The molecule has 0 atom stereocenters. The molecule has 1 aromatic rings. The van der Waals surface area contributed by atoms with E-state index in [1.54, 1.807) is 31.4 Å². The second-order valence-corrected chi connectivity index (χ2v) is 8.38. The predicted octanol–water partition coefficient (Wildman–Crippen LogP) is 8.00. The van der Waals surface area contributed by atoms with Gasteiger partial charge in [0.05, 0.1) is 12.7 Å². The number of hydrogen-bond donors (Lipinski definition) is 0. The predicted molar refractivity (Wildman–Crippen MR) is 132 cm³/mol. The Balaban J connectivity index is 2.28. The lowest BCUT2D eigenvalue weighted by Crippen LogP contribution is -2.05. The van der Waals surface area contributed by atoms with Crippen LogP contribution in [0.5, 0.6) is 5.75 Å². The fraction of sp³-hybridized carbons (Fsp3) is 0.464. The lowest BCUT2D eigenvalue weighted by Gasteiger charge is -2.05. The molecule has 0 aliphatic rings. The molecule has 170 valence electrons. The van der Waals surface area contributed by atoms with Gasteiger partial charge in [0.1, 0.15) is 12.4 Å². The summed E-state index contributed by atoms with van der Waals surface area (Å²) in [7, 11) is 1.60. The molecule has 0 aromatic heterocycles. The van der Waals surface area contributed by atoms with Gasteiger partial charge in [0, 0.05) is 0 Å². The van der Waals surface area contributed by atoms with Crippen molar-refractivity contribution in [3.63, 3.8) is 0 Å². The van der Waals surface area contributed by atoms with Crippen LogP contribution in [0.3, 0.4) is 0 Å². The van der Waals surface area contributed by atoms with Crippen LogP contribution in [0.15, 0.2) is 70.9 Å². The summed E-state index contributed by atoms with van der Waals surface area (Å²) < 4.78 is 10.4. The molecule has 0 aliphatic carbocycles.